The van der Waals surface area contributed by atoms with Gasteiger partial charge in [0.2, 0.25) is 0 Å². The van der Waals surface area contributed by atoms with Gasteiger partial charge in [-0.3, -0.25) is 4.90 Å². The molecular weight excluding hydrogens is 254 g/mol. The SMILES string of the molecule is CN1CCN(Cc2cc(Br)n(C)c2)CC1. The van der Waals surface area contributed by atoms with E-state index in [1.54, 1.807) is 0 Å². The zero-order valence-electron chi connectivity index (χ0n) is 9.41. The van der Waals surface area contributed by atoms with Crippen LogP contribution in [0, 0.1) is 0 Å². The van der Waals surface area contributed by atoms with Crippen LogP contribution in [-0.2, 0) is 13.6 Å². The molecule has 1 aliphatic rings. The van der Waals surface area contributed by atoms with E-state index >= 15 is 0 Å². The predicted octanol–water partition coefficient (Wildman–Crippen LogP) is 1.53. The number of halogens is 1. The largest absolute Gasteiger partial charge is 0.345 e. The van der Waals surface area contributed by atoms with Gasteiger partial charge in [0.25, 0.3) is 0 Å². The maximum absolute atomic E-state index is 3.53. The van der Waals surface area contributed by atoms with Gasteiger partial charge in [0.15, 0.2) is 0 Å². The fraction of sp³-hybridized carbons (Fsp3) is 0.636. The van der Waals surface area contributed by atoms with Crippen molar-refractivity contribution in [3.8, 4) is 0 Å². The Morgan fingerprint density at radius 1 is 1.20 bits per heavy atom. The van der Waals surface area contributed by atoms with Gasteiger partial charge in [-0.25, -0.2) is 0 Å². The topological polar surface area (TPSA) is 11.4 Å². The van der Waals surface area contributed by atoms with Crippen molar-refractivity contribution in [3.63, 3.8) is 0 Å². The minimum Gasteiger partial charge on any atom is -0.345 e. The standard InChI is InChI=1S/C11H18BrN3/c1-13-3-5-15(6-4-13)9-10-7-11(12)14(2)8-10/h7-8H,3-6,9H2,1-2H3. The van der Waals surface area contributed by atoms with Crippen molar-refractivity contribution in [2.24, 2.45) is 7.05 Å². The maximum Gasteiger partial charge on any atom is 0.0847 e. The van der Waals surface area contributed by atoms with Crippen molar-refractivity contribution in [3.05, 3.63) is 22.4 Å². The number of aromatic nitrogens is 1. The van der Waals surface area contributed by atoms with Gasteiger partial charge in [0, 0.05) is 46.0 Å². The molecule has 1 aromatic rings. The lowest BCUT2D eigenvalue weighted by atomic mass is 10.2. The summed E-state index contributed by atoms with van der Waals surface area (Å²) in [5.41, 5.74) is 1.40. The number of hydrogen-bond donors (Lipinski definition) is 0. The Labute approximate surface area is 99.8 Å². The van der Waals surface area contributed by atoms with Crippen LogP contribution in [0.15, 0.2) is 16.9 Å². The van der Waals surface area contributed by atoms with Crippen LogP contribution in [0.2, 0.25) is 0 Å². The average molecular weight is 272 g/mol. The second kappa shape index (κ2) is 4.68. The fourth-order valence-corrected chi connectivity index (χ4v) is 2.35. The molecule has 1 aromatic heterocycles. The second-order valence-electron chi connectivity index (χ2n) is 4.36. The van der Waals surface area contributed by atoms with Crippen molar-refractivity contribution in [1.29, 1.82) is 0 Å². The molecule has 0 aromatic carbocycles. The van der Waals surface area contributed by atoms with Gasteiger partial charge in [-0.15, -0.1) is 0 Å². The summed E-state index contributed by atoms with van der Waals surface area (Å²) in [4.78, 5) is 4.90. The molecule has 2 rings (SSSR count). The molecule has 0 spiro atoms. The van der Waals surface area contributed by atoms with Crippen molar-refractivity contribution < 1.29 is 0 Å². The maximum atomic E-state index is 3.53. The number of likely N-dealkylation sites (N-methyl/N-ethyl adjacent to an activating group) is 1. The zero-order valence-corrected chi connectivity index (χ0v) is 11.0. The van der Waals surface area contributed by atoms with Gasteiger partial charge in [-0.1, -0.05) is 0 Å². The van der Waals surface area contributed by atoms with Gasteiger partial charge in [-0.05, 0) is 34.6 Å². The second-order valence-corrected chi connectivity index (χ2v) is 5.17. The minimum atomic E-state index is 1.08. The Hall–Kier alpha value is -0.320. The van der Waals surface area contributed by atoms with Crippen molar-refractivity contribution in [1.82, 2.24) is 14.4 Å². The first kappa shape index (κ1) is 11.2. The molecule has 0 bridgehead atoms. The predicted molar refractivity (Wildman–Crippen MR) is 65.9 cm³/mol. The number of piperazine rings is 1. The van der Waals surface area contributed by atoms with Crippen molar-refractivity contribution in [2.45, 2.75) is 6.54 Å². The van der Waals surface area contributed by atoms with E-state index in [0.717, 1.165) is 11.1 Å². The quantitative estimate of drug-likeness (QED) is 0.809. The highest BCUT2D eigenvalue weighted by Crippen LogP contribution is 2.15. The van der Waals surface area contributed by atoms with Gasteiger partial charge in [0.1, 0.15) is 0 Å². The van der Waals surface area contributed by atoms with E-state index in [-0.39, 0.29) is 0 Å². The number of hydrogen-bond acceptors (Lipinski definition) is 2. The third kappa shape index (κ3) is 2.83. The van der Waals surface area contributed by atoms with Crippen LogP contribution < -0.4 is 0 Å². The Kier molecular flexibility index (Phi) is 3.49. The Balaban J connectivity index is 1.91. The Morgan fingerprint density at radius 2 is 1.87 bits per heavy atom. The molecule has 84 valence electrons. The summed E-state index contributed by atoms with van der Waals surface area (Å²) in [6, 6.07) is 2.21. The smallest absolute Gasteiger partial charge is 0.0847 e. The van der Waals surface area contributed by atoms with Crippen molar-refractivity contribution >= 4 is 15.9 Å². The zero-order chi connectivity index (χ0) is 10.8. The van der Waals surface area contributed by atoms with Crippen molar-refractivity contribution in [2.75, 3.05) is 33.2 Å². The van der Waals surface area contributed by atoms with E-state index in [1.807, 2.05) is 0 Å². The van der Waals surface area contributed by atoms with Gasteiger partial charge in [-0.2, -0.15) is 0 Å². The molecule has 0 saturated carbocycles. The summed E-state index contributed by atoms with van der Waals surface area (Å²) in [6.45, 7) is 5.82. The third-order valence-electron chi connectivity index (χ3n) is 3.00. The van der Waals surface area contributed by atoms with Crippen LogP contribution >= 0.6 is 15.9 Å². The van der Waals surface area contributed by atoms with Gasteiger partial charge < -0.3 is 9.47 Å². The molecule has 2 heterocycles. The van der Waals surface area contributed by atoms with E-state index in [0.29, 0.717) is 0 Å². The summed E-state index contributed by atoms with van der Waals surface area (Å²) in [5, 5.41) is 0. The molecule has 0 amide bonds. The first-order valence-corrected chi connectivity index (χ1v) is 6.16. The van der Waals surface area contributed by atoms with Crippen LogP contribution in [0.3, 0.4) is 0 Å². The van der Waals surface area contributed by atoms with E-state index in [9.17, 15) is 0 Å². The molecule has 1 aliphatic heterocycles. The van der Waals surface area contributed by atoms with E-state index in [1.165, 1.54) is 31.7 Å². The summed E-state index contributed by atoms with van der Waals surface area (Å²) in [6.07, 6.45) is 2.20. The van der Waals surface area contributed by atoms with Crippen LogP contribution in [-0.4, -0.2) is 47.6 Å². The lowest BCUT2D eigenvalue weighted by Gasteiger charge is -2.32. The molecular formula is C11H18BrN3. The summed E-state index contributed by atoms with van der Waals surface area (Å²) < 4.78 is 3.28. The average Bonchev–Trinajstić information content (AvgIpc) is 2.50. The highest BCUT2D eigenvalue weighted by Gasteiger charge is 2.14. The van der Waals surface area contributed by atoms with Gasteiger partial charge in [0.05, 0.1) is 4.60 Å². The molecule has 0 N–H and O–H groups in total. The normalized spacial score (nSPS) is 19.7. The monoisotopic (exact) mass is 271 g/mol. The molecule has 15 heavy (non-hydrogen) atoms. The van der Waals surface area contributed by atoms with E-state index in [4.69, 9.17) is 0 Å². The molecule has 3 nitrogen and oxygen atoms in total. The fourth-order valence-electron chi connectivity index (χ4n) is 1.95. The first-order valence-electron chi connectivity index (χ1n) is 5.37. The highest BCUT2D eigenvalue weighted by atomic mass is 79.9. The van der Waals surface area contributed by atoms with Crippen LogP contribution in [0.1, 0.15) is 5.56 Å². The highest BCUT2D eigenvalue weighted by molar-refractivity contribution is 9.10. The summed E-state index contributed by atoms with van der Waals surface area (Å²) in [7, 11) is 4.26. The number of nitrogens with zero attached hydrogens (tertiary/aromatic N) is 3. The molecule has 4 heteroatoms. The lowest BCUT2D eigenvalue weighted by Crippen LogP contribution is -2.43. The number of rotatable bonds is 2. The molecule has 0 radical (unpaired) electrons. The number of aryl methyl sites for hydroxylation is 1. The molecule has 0 atom stereocenters. The third-order valence-corrected chi connectivity index (χ3v) is 3.79. The van der Waals surface area contributed by atoms with E-state index < -0.39 is 0 Å². The minimum absolute atomic E-state index is 1.08. The first-order chi connectivity index (χ1) is 7.15. The Bertz CT molecular complexity index is 307. The van der Waals surface area contributed by atoms with Crippen LogP contribution in [0.25, 0.3) is 0 Å². The molecule has 1 saturated heterocycles. The molecule has 1 fully saturated rings. The van der Waals surface area contributed by atoms with Crippen LogP contribution in [0.5, 0.6) is 0 Å². The molecule has 0 unspecified atom stereocenters. The summed E-state index contributed by atoms with van der Waals surface area (Å²) >= 11 is 3.53. The van der Waals surface area contributed by atoms with Gasteiger partial charge >= 0.3 is 0 Å². The lowest BCUT2D eigenvalue weighted by molar-refractivity contribution is 0.148. The van der Waals surface area contributed by atoms with Crippen LogP contribution in [0.4, 0.5) is 0 Å². The summed E-state index contributed by atoms with van der Waals surface area (Å²) in [5.74, 6) is 0. The molecule has 0 aliphatic carbocycles. The Morgan fingerprint density at radius 3 is 2.40 bits per heavy atom. The van der Waals surface area contributed by atoms with E-state index in [2.05, 4.69) is 56.7 Å².